The Morgan fingerprint density at radius 3 is 2.48 bits per heavy atom. The van der Waals surface area contributed by atoms with Crippen LogP contribution in [0.25, 0.3) is 11.3 Å². The lowest BCUT2D eigenvalue weighted by atomic mass is 10.1. The van der Waals surface area contributed by atoms with E-state index < -0.39 is 0 Å². The molecule has 1 aliphatic rings. The third-order valence-corrected chi connectivity index (χ3v) is 4.97. The minimum absolute atomic E-state index is 0.298. The molecule has 0 aliphatic carbocycles. The molecule has 1 amide bonds. The Hall–Kier alpha value is -3.52. The summed E-state index contributed by atoms with van der Waals surface area (Å²) in [5.41, 5.74) is 8.47. The van der Waals surface area contributed by atoms with E-state index in [1.165, 1.54) is 0 Å². The molecule has 0 unspecified atom stereocenters. The van der Waals surface area contributed by atoms with E-state index in [0.29, 0.717) is 22.8 Å². The van der Waals surface area contributed by atoms with Crippen molar-refractivity contribution in [2.45, 2.75) is 0 Å². The lowest BCUT2D eigenvalue weighted by Crippen LogP contribution is -2.44. The first-order valence-corrected chi connectivity index (χ1v) is 9.48. The van der Waals surface area contributed by atoms with E-state index in [2.05, 4.69) is 37.1 Å². The summed E-state index contributed by atoms with van der Waals surface area (Å²) in [7, 11) is 2.11. The molecule has 0 atom stereocenters. The number of anilines is 3. The first-order valence-electron chi connectivity index (χ1n) is 9.48. The molecule has 3 aromatic heterocycles. The second-order valence-electron chi connectivity index (χ2n) is 7.02. The average Bonchev–Trinajstić information content (AvgIpc) is 2.76. The summed E-state index contributed by atoms with van der Waals surface area (Å²) in [6.07, 6.45) is 4.98. The summed E-state index contributed by atoms with van der Waals surface area (Å²) in [6, 6.07) is 10.9. The van der Waals surface area contributed by atoms with Crippen LogP contribution in [0.5, 0.6) is 0 Å². The summed E-state index contributed by atoms with van der Waals surface area (Å²) < 4.78 is 0. The maximum Gasteiger partial charge on any atom is 0.258 e. The molecular formula is C21H23N7O. The van der Waals surface area contributed by atoms with E-state index in [1.54, 1.807) is 30.7 Å². The van der Waals surface area contributed by atoms with Crippen molar-refractivity contribution >= 4 is 23.2 Å². The van der Waals surface area contributed by atoms with Gasteiger partial charge >= 0.3 is 0 Å². The van der Waals surface area contributed by atoms with Crippen molar-refractivity contribution in [1.29, 1.82) is 0 Å². The summed E-state index contributed by atoms with van der Waals surface area (Å²) in [5.74, 6) is 0.910. The highest BCUT2D eigenvalue weighted by atomic mass is 16.1. The average molecular weight is 389 g/mol. The number of nitrogens with zero attached hydrogens (tertiary/aromatic N) is 5. The van der Waals surface area contributed by atoms with Gasteiger partial charge in [0.15, 0.2) is 5.82 Å². The highest BCUT2D eigenvalue weighted by Gasteiger charge is 2.16. The van der Waals surface area contributed by atoms with Crippen LogP contribution >= 0.6 is 0 Å². The van der Waals surface area contributed by atoms with Crippen molar-refractivity contribution < 1.29 is 4.79 Å². The van der Waals surface area contributed by atoms with Crippen molar-refractivity contribution in [2.24, 2.45) is 0 Å². The van der Waals surface area contributed by atoms with Crippen molar-refractivity contribution in [3.05, 3.63) is 60.6 Å². The zero-order valence-electron chi connectivity index (χ0n) is 16.2. The maximum atomic E-state index is 12.7. The molecule has 0 aromatic carbocycles. The van der Waals surface area contributed by atoms with Gasteiger partial charge < -0.3 is 20.9 Å². The van der Waals surface area contributed by atoms with Crippen LogP contribution < -0.4 is 16.0 Å². The number of hydrogen-bond acceptors (Lipinski definition) is 7. The molecule has 4 heterocycles. The van der Waals surface area contributed by atoms with Gasteiger partial charge in [-0.1, -0.05) is 0 Å². The van der Waals surface area contributed by atoms with Crippen LogP contribution in [0, 0.1) is 0 Å². The molecule has 1 fully saturated rings. The molecule has 0 spiro atoms. The number of piperazine rings is 1. The van der Waals surface area contributed by atoms with Crippen molar-refractivity contribution in [2.75, 3.05) is 49.2 Å². The maximum absolute atomic E-state index is 12.7. The van der Waals surface area contributed by atoms with E-state index in [9.17, 15) is 4.79 Å². The van der Waals surface area contributed by atoms with Crippen LogP contribution in [0.1, 0.15) is 10.4 Å². The third-order valence-electron chi connectivity index (χ3n) is 4.97. The predicted molar refractivity (Wildman–Crippen MR) is 114 cm³/mol. The normalized spacial score (nSPS) is 14.6. The third kappa shape index (κ3) is 4.33. The van der Waals surface area contributed by atoms with Crippen LogP contribution in [-0.4, -0.2) is 59.0 Å². The monoisotopic (exact) mass is 389 g/mol. The first-order chi connectivity index (χ1) is 14.1. The molecule has 1 saturated heterocycles. The smallest absolute Gasteiger partial charge is 0.258 e. The zero-order chi connectivity index (χ0) is 20.2. The van der Waals surface area contributed by atoms with Gasteiger partial charge in [0.25, 0.3) is 5.91 Å². The molecule has 148 valence electrons. The Balaban J connectivity index is 1.48. The number of nitrogens with one attached hydrogen (secondary N) is 1. The van der Waals surface area contributed by atoms with Crippen molar-refractivity contribution in [3.63, 3.8) is 0 Å². The zero-order valence-corrected chi connectivity index (χ0v) is 16.2. The number of carbonyl (C=O) groups excluding carboxylic acids is 1. The molecule has 4 rings (SSSR count). The van der Waals surface area contributed by atoms with Crippen molar-refractivity contribution in [3.8, 4) is 11.3 Å². The van der Waals surface area contributed by atoms with E-state index in [1.807, 2.05) is 24.3 Å². The second-order valence-corrected chi connectivity index (χ2v) is 7.02. The van der Waals surface area contributed by atoms with E-state index in [0.717, 1.165) is 37.6 Å². The standard InChI is InChI=1S/C21H23N7O/c1-27-10-12-28(13-11-27)19-5-2-16(14-24-19)21(29)26-20-17(22)3-4-18(25-20)15-6-8-23-9-7-15/h2-9,14H,10-13,22H2,1H3,(H,25,26,29). The summed E-state index contributed by atoms with van der Waals surface area (Å²) in [6.45, 7) is 3.86. The lowest BCUT2D eigenvalue weighted by Gasteiger charge is -2.33. The first kappa shape index (κ1) is 18.8. The van der Waals surface area contributed by atoms with Crippen molar-refractivity contribution in [1.82, 2.24) is 19.9 Å². The molecule has 3 aromatic rings. The fourth-order valence-corrected chi connectivity index (χ4v) is 3.18. The topological polar surface area (TPSA) is 100 Å². The number of hydrogen-bond donors (Lipinski definition) is 2. The van der Waals surface area contributed by atoms with E-state index in [-0.39, 0.29) is 5.91 Å². The summed E-state index contributed by atoms with van der Waals surface area (Å²) in [5, 5.41) is 2.79. The Morgan fingerprint density at radius 1 is 1.03 bits per heavy atom. The number of pyridine rings is 3. The van der Waals surface area contributed by atoms with Gasteiger partial charge in [-0.25, -0.2) is 9.97 Å². The van der Waals surface area contributed by atoms with Gasteiger partial charge in [-0.05, 0) is 43.4 Å². The molecule has 0 radical (unpaired) electrons. The van der Waals surface area contributed by atoms with Gasteiger partial charge in [0.05, 0.1) is 16.9 Å². The van der Waals surface area contributed by atoms with Gasteiger partial charge in [-0.3, -0.25) is 9.78 Å². The highest BCUT2D eigenvalue weighted by Crippen LogP contribution is 2.23. The minimum atomic E-state index is -0.298. The highest BCUT2D eigenvalue weighted by molar-refractivity contribution is 6.05. The fourth-order valence-electron chi connectivity index (χ4n) is 3.18. The number of amides is 1. The van der Waals surface area contributed by atoms with Gasteiger partial charge in [0.1, 0.15) is 5.82 Å². The van der Waals surface area contributed by atoms with Crippen LogP contribution in [0.4, 0.5) is 17.3 Å². The number of carbonyl (C=O) groups is 1. The molecule has 3 N–H and O–H groups in total. The van der Waals surface area contributed by atoms with Crippen LogP contribution in [0.2, 0.25) is 0 Å². The quantitative estimate of drug-likeness (QED) is 0.705. The number of nitrogens with two attached hydrogens (primary N) is 1. The molecule has 8 nitrogen and oxygen atoms in total. The van der Waals surface area contributed by atoms with Gasteiger partial charge in [-0.15, -0.1) is 0 Å². The Bertz CT molecular complexity index is 984. The second kappa shape index (κ2) is 8.24. The van der Waals surface area contributed by atoms with Crippen LogP contribution in [0.15, 0.2) is 55.0 Å². The molecule has 0 saturated carbocycles. The Morgan fingerprint density at radius 2 is 1.79 bits per heavy atom. The number of aromatic nitrogens is 3. The largest absolute Gasteiger partial charge is 0.396 e. The Labute approximate surface area is 169 Å². The number of likely N-dealkylation sites (N-methyl/N-ethyl adjacent to an activating group) is 1. The predicted octanol–water partition coefficient (Wildman–Crippen LogP) is 2.12. The van der Waals surface area contributed by atoms with Crippen LogP contribution in [-0.2, 0) is 0 Å². The van der Waals surface area contributed by atoms with Gasteiger partial charge in [0.2, 0.25) is 0 Å². The van der Waals surface area contributed by atoms with Gasteiger partial charge in [-0.2, -0.15) is 0 Å². The SMILES string of the molecule is CN1CCN(c2ccc(C(=O)Nc3nc(-c4ccncc4)ccc3N)cn2)CC1. The molecule has 29 heavy (non-hydrogen) atoms. The summed E-state index contributed by atoms with van der Waals surface area (Å²) in [4.78, 5) is 30.1. The summed E-state index contributed by atoms with van der Waals surface area (Å²) >= 11 is 0. The number of rotatable bonds is 4. The van der Waals surface area contributed by atoms with Gasteiger partial charge in [0, 0.05) is 50.3 Å². The Kier molecular flexibility index (Phi) is 5.35. The molecule has 0 bridgehead atoms. The fraction of sp³-hybridized carbons (Fsp3) is 0.238. The minimum Gasteiger partial charge on any atom is -0.396 e. The van der Waals surface area contributed by atoms with Crippen LogP contribution in [0.3, 0.4) is 0 Å². The molecule has 8 heteroatoms. The molecule has 1 aliphatic heterocycles. The number of nitrogen functional groups attached to an aromatic ring is 1. The molecular weight excluding hydrogens is 366 g/mol. The van der Waals surface area contributed by atoms with E-state index in [4.69, 9.17) is 5.73 Å². The van der Waals surface area contributed by atoms with E-state index >= 15 is 0 Å². The lowest BCUT2D eigenvalue weighted by molar-refractivity contribution is 0.102.